The number of rotatable bonds is 10. The minimum atomic E-state index is -0.447. The van der Waals surface area contributed by atoms with Crippen molar-refractivity contribution in [3.63, 3.8) is 0 Å². The molecule has 4 rings (SSSR count). The molecule has 2 heterocycles. The second-order valence-corrected chi connectivity index (χ2v) is 8.93. The predicted octanol–water partition coefficient (Wildman–Crippen LogP) is 6.80. The smallest absolute Gasteiger partial charge is 0.344 e. The number of carbonyl (C=O) groups is 1. The highest BCUT2D eigenvalue weighted by Gasteiger charge is 2.26. The van der Waals surface area contributed by atoms with Gasteiger partial charge in [0.05, 0.1) is 17.6 Å². The van der Waals surface area contributed by atoms with Crippen molar-refractivity contribution in [1.82, 2.24) is 14.5 Å². The molecule has 1 atom stereocenters. The molecule has 0 radical (unpaired) electrons. The lowest BCUT2D eigenvalue weighted by Gasteiger charge is -2.12. The van der Waals surface area contributed by atoms with Gasteiger partial charge in [0, 0.05) is 5.69 Å². The van der Waals surface area contributed by atoms with E-state index in [1.165, 1.54) is 18.4 Å². The van der Waals surface area contributed by atoms with Crippen LogP contribution >= 0.6 is 0 Å². The average Bonchev–Trinajstić information content (AvgIpc) is 3.14. The summed E-state index contributed by atoms with van der Waals surface area (Å²) < 4.78 is 7.44. The van der Waals surface area contributed by atoms with E-state index in [0.717, 1.165) is 36.9 Å². The van der Waals surface area contributed by atoms with E-state index in [4.69, 9.17) is 20.4 Å². The van der Waals surface area contributed by atoms with Crippen LogP contribution in [0.15, 0.2) is 48.5 Å². The monoisotopic (exact) mass is 458 g/mol. The normalized spacial score (nSPS) is 12.3. The molecule has 1 unspecified atom stereocenters. The Morgan fingerprint density at radius 3 is 2.32 bits per heavy atom. The van der Waals surface area contributed by atoms with Gasteiger partial charge in [-0.1, -0.05) is 70.7 Å². The highest BCUT2D eigenvalue weighted by atomic mass is 16.5. The molecule has 0 aliphatic carbocycles. The Labute approximate surface area is 201 Å². The third-order valence-electron chi connectivity index (χ3n) is 6.52. The summed E-state index contributed by atoms with van der Waals surface area (Å²) >= 11 is 0. The average molecular weight is 459 g/mol. The maximum absolute atomic E-state index is 13.1. The minimum absolute atomic E-state index is 0.285. The number of ether oxygens (including phenoxy) is 1. The van der Waals surface area contributed by atoms with E-state index < -0.39 is 5.97 Å². The topological polar surface area (TPSA) is 83.0 Å². The zero-order valence-corrected chi connectivity index (χ0v) is 20.4. The third-order valence-corrected chi connectivity index (χ3v) is 6.52. The summed E-state index contributed by atoms with van der Waals surface area (Å²) in [6, 6.07) is 15.9. The van der Waals surface area contributed by atoms with Crippen molar-refractivity contribution < 1.29 is 9.53 Å². The van der Waals surface area contributed by atoms with Crippen molar-refractivity contribution in [1.29, 1.82) is 0 Å². The number of aromatic nitrogens is 3. The zero-order chi connectivity index (χ0) is 24.1. The van der Waals surface area contributed by atoms with Gasteiger partial charge in [-0.3, -0.25) is 4.57 Å². The molecule has 0 fully saturated rings. The predicted molar refractivity (Wildman–Crippen MR) is 139 cm³/mol. The number of para-hydroxylation sites is 2. The molecule has 0 aliphatic heterocycles. The second kappa shape index (κ2) is 10.7. The molecule has 0 saturated heterocycles. The summed E-state index contributed by atoms with van der Waals surface area (Å²) in [5, 5.41) is 0. The number of unbranched alkanes of at least 4 members (excludes halogenated alkanes) is 4. The Morgan fingerprint density at radius 1 is 0.971 bits per heavy atom. The molecule has 2 aromatic heterocycles. The fourth-order valence-corrected chi connectivity index (χ4v) is 4.25. The molecule has 6 heteroatoms. The molecular weight excluding hydrogens is 424 g/mol. The van der Waals surface area contributed by atoms with Crippen molar-refractivity contribution in [3.05, 3.63) is 59.7 Å². The fourth-order valence-electron chi connectivity index (χ4n) is 4.25. The first kappa shape index (κ1) is 23.7. The van der Waals surface area contributed by atoms with Crippen molar-refractivity contribution in [2.24, 2.45) is 0 Å². The molecule has 4 aromatic rings. The molecular formula is C28H34N4O2. The molecule has 0 bridgehead atoms. The van der Waals surface area contributed by atoms with Gasteiger partial charge in [0.25, 0.3) is 0 Å². The molecule has 2 aromatic carbocycles. The number of hydrogen-bond acceptors (Lipinski definition) is 5. The van der Waals surface area contributed by atoms with Crippen LogP contribution in [0.5, 0.6) is 0 Å². The van der Waals surface area contributed by atoms with Gasteiger partial charge in [-0.25, -0.2) is 14.8 Å². The van der Waals surface area contributed by atoms with Crippen LogP contribution in [0.2, 0.25) is 0 Å². The highest BCUT2D eigenvalue weighted by molar-refractivity contribution is 6.09. The van der Waals surface area contributed by atoms with Crippen molar-refractivity contribution in [2.75, 3.05) is 12.3 Å². The maximum Gasteiger partial charge on any atom is 0.344 e. The van der Waals surface area contributed by atoms with E-state index in [2.05, 4.69) is 32.9 Å². The lowest BCUT2D eigenvalue weighted by Crippen LogP contribution is -2.10. The van der Waals surface area contributed by atoms with Crippen LogP contribution < -0.4 is 5.73 Å². The lowest BCUT2D eigenvalue weighted by atomic mass is 9.99. The summed E-state index contributed by atoms with van der Waals surface area (Å²) in [5.41, 5.74) is 11.5. The van der Waals surface area contributed by atoms with Gasteiger partial charge < -0.3 is 10.5 Å². The van der Waals surface area contributed by atoms with E-state index in [1.54, 1.807) is 0 Å². The first-order valence-corrected chi connectivity index (χ1v) is 12.4. The number of fused-ring (bicyclic) bond motifs is 2. The SMILES string of the molecule is CCCCCCCOC(=O)c1c(N)n(-c2ccc(C(C)CC)cc2)c2nc3ccccc3nc12. The van der Waals surface area contributed by atoms with E-state index in [0.29, 0.717) is 35.0 Å². The van der Waals surface area contributed by atoms with Crippen molar-refractivity contribution in [3.8, 4) is 5.69 Å². The molecule has 34 heavy (non-hydrogen) atoms. The van der Waals surface area contributed by atoms with Crippen LogP contribution in [0.4, 0.5) is 5.82 Å². The van der Waals surface area contributed by atoms with E-state index in [-0.39, 0.29) is 5.56 Å². The summed E-state index contributed by atoms with van der Waals surface area (Å²) in [4.78, 5) is 22.8. The van der Waals surface area contributed by atoms with E-state index >= 15 is 0 Å². The Morgan fingerprint density at radius 2 is 1.65 bits per heavy atom. The molecule has 0 aliphatic rings. The van der Waals surface area contributed by atoms with E-state index in [1.807, 2.05) is 41.0 Å². The van der Waals surface area contributed by atoms with Crippen LogP contribution in [0.25, 0.3) is 27.9 Å². The quantitative estimate of drug-likeness (QED) is 0.209. The van der Waals surface area contributed by atoms with Crippen LogP contribution in [-0.2, 0) is 4.74 Å². The number of nitrogen functional groups attached to an aromatic ring is 1. The van der Waals surface area contributed by atoms with Gasteiger partial charge in [0.1, 0.15) is 16.9 Å². The Balaban J connectivity index is 1.74. The van der Waals surface area contributed by atoms with Crippen LogP contribution in [0.1, 0.15) is 81.1 Å². The first-order valence-electron chi connectivity index (χ1n) is 12.4. The van der Waals surface area contributed by atoms with Crippen LogP contribution in [0, 0.1) is 0 Å². The zero-order valence-electron chi connectivity index (χ0n) is 20.4. The Bertz CT molecular complexity index is 1280. The standard InChI is InChI=1S/C28H34N4O2/c1-4-6-7-8-11-18-34-28(33)24-25-27(31-23-13-10-9-12-22(23)30-25)32(26(24)29)21-16-14-20(15-17-21)19(3)5-2/h9-10,12-17,19H,4-8,11,18,29H2,1-3H3. The fraction of sp³-hybridized carbons (Fsp3) is 0.393. The maximum atomic E-state index is 13.1. The number of anilines is 1. The molecule has 0 amide bonds. The molecule has 2 N–H and O–H groups in total. The third kappa shape index (κ3) is 4.76. The Kier molecular flexibility index (Phi) is 7.46. The van der Waals surface area contributed by atoms with Gasteiger partial charge in [-0.2, -0.15) is 0 Å². The summed E-state index contributed by atoms with van der Waals surface area (Å²) in [6.07, 6.45) is 6.49. The first-order chi connectivity index (χ1) is 16.5. The molecule has 178 valence electrons. The molecule has 0 spiro atoms. The lowest BCUT2D eigenvalue weighted by molar-refractivity contribution is 0.0501. The summed E-state index contributed by atoms with van der Waals surface area (Å²) in [5.74, 6) is 0.328. The van der Waals surface area contributed by atoms with Crippen LogP contribution in [-0.4, -0.2) is 27.1 Å². The largest absolute Gasteiger partial charge is 0.462 e. The van der Waals surface area contributed by atoms with E-state index in [9.17, 15) is 4.79 Å². The second-order valence-electron chi connectivity index (χ2n) is 8.93. The number of hydrogen-bond donors (Lipinski definition) is 1. The summed E-state index contributed by atoms with van der Waals surface area (Å²) in [7, 11) is 0. The van der Waals surface area contributed by atoms with Crippen LogP contribution in [0.3, 0.4) is 0 Å². The van der Waals surface area contributed by atoms with Gasteiger partial charge >= 0.3 is 5.97 Å². The minimum Gasteiger partial charge on any atom is -0.462 e. The Hall–Kier alpha value is -3.41. The molecule has 6 nitrogen and oxygen atoms in total. The summed E-state index contributed by atoms with van der Waals surface area (Å²) in [6.45, 7) is 6.95. The van der Waals surface area contributed by atoms with Gasteiger partial charge in [-0.15, -0.1) is 0 Å². The van der Waals surface area contributed by atoms with Crippen molar-refractivity contribution >= 4 is 34.0 Å². The van der Waals surface area contributed by atoms with Gasteiger partial charge in [0.15, 0.2) is 5.65 Å². The number of benzene rings is 2. The number of nitrogens with zero attached hydrogens (tertiary/aromatic N) is 3. The van der Waals surface area contributed by atoms with Gasteiger partial charge in [-0.05, 0) is 48.6 Å². The number of esters is 1. The number of nitrogens with two attached hydrogens (primary N) is 1. The molecule has 0 saturated carbocycles. The van der Waals surface area contributed by atoms with Crippen molar-refractivity contribution in [2.45, 2.75) is 65.2 Å². The van der Waals surface area contributed by atoms with Gasteiger partial charge in [0.2, 0.25) is 0 Å². The highest BCUT2D eigenvalue weighted by Crippen LogP contribution is 2.32. The number of carbonyl (C=O) groups excluding carboxylic acids is 1.